The van der Waals surface area contributed by atoms with E-state index in [4.69, 9.17) is 0 Å². The van der Waals surface area contributed by atoms with Crippen LogP contribution < -0.4 is 0 Å². The summed E-state index contributed by atoms with van der Waals surface area (Å²) < 4.78 is 15.2. The van der Waals surface area contributed by atoms with Crippen LogP contribution in [0.5, 0.6) is 0 Å². The number of hydrogen-bond donors (Lipinski definition) is 0. The van der Waals surface area contributed by atoms with Crippen molar-refractivity contribution in [1.29, 1.82) is 0 Å². The summed E-state index contributed by atoms with van der Waals surface area (Å²) in [7, 11) is 1.91. The SMILES string of the molecule is CC1CC2N(C)C(=O)CC(F)[C@]2(C)[C@@H]2CC[C@]3(C)CCC[C@H]3[C@H]12. The van der Waals surface area contributed by atoms with Crippen LogP contribution in [-0.2, 0) is 4.79 Å². The Hall–Kier alpha value is -0.600. The Morgan fingerprint density at radius 2 is 1.91 bits per heavy atom. The number of carbonyl (C=O) groups excluding carboxylic acids is 1. The smallest absolute Gasteiger partial charge is 0.225 e. The lowest BCUT2D eigenvalue weighted by atomic mass is 9.45. The molecule has 1 amide bonds. The standard InChI is InChI=1S/C20H32FNO/c1-12-10-16-20(3,15(21)11-17(23)22(16)4)14-7-9-19(2)8-5-6-13(19)18(12)14/h12-16,18H,5-11H2,1-4H3/t12?,13-,14+,15?,16?,18-,19-,20-/m0/s1. The van der Waals surface area contributed by atoms with Crippen LogP contribution >= 0.6 is 0 Å². The van der Waals surface area contributed by atoms with Gasteiger partial charge in [-0.05, 0) is 61.2 Å². The fourth-order valence-electron chi connectivity index (χ4n) is 7.42. The van der Waals surface area contributed by atoms with Gasteiger partial charge in [-0.3, -0.25) is 4.79 Å². The summed E-state index contributed by atoms with van der Waals surface area (Å²) in [5, 5.41) is 0. The second-order valence-electron chi connectivity index (χ2n) is 9.65. The lowest BCUT2D eigenvalue weighted by molar-refractivity contribution is -0.182. The van der Waals surface area contributed by atoms with E-state index in [1.54, 1.807) is 0 Å². The molecular weight excluding hydrogens is 289 g/mol. The quantitative estimate of drug-likeness (QED) is 0.646. The first kappa shape index (κ1) is 15.9. The van der Waals surface area contributed by atoms with Crippen molar-refractivity contribution in [3.05, 3.63) is 0 Å². The monoisotopic (exact) mass is 321 g/mol. The van der Waals surface area contributed by atoms with E-state index in [1.807, 2.05) is 11.9 Å². The Morgan fingerprint density at radius 3 is 2.65 bits per heavy atom. The van der Waals surface area contributed by atoms with E-state index in [-0.39, 0.29) is 23.8 Å². The Kier molecular flexibility index (Phi) is 3.42. The third kappa shape index (κ3) is 1.94. The molecule has 0 aromatic carbocycles. The molecule has 3 saturated carbocycles. The topological polar surface area (TPSA) is 20.3 Å². The van der Waals surface area contributed by atoms with Gasteiger partial charge in [-0.1, -0.05) is 27.2 Å². The van der Waals surface area contributed by atoms with Gasteiger partial charge in [0.25, 0.3) is 0 Å². The van der Waals surface area contributed by atoms with Crippen LogP contribution in [-0.4, -0.2) is 30.1 Å². The van der Waals surface area contributed by atoms with Gasteiger partial charge in [0.15, 0.2) is 0 Å². The first-order chi connectivity index (χ1) is 10.8. The number of likely N-dealkylation sites (tertiary alicyclic amines) is 1. The van der Waals surface area contributed by atoms with Crippen LogP contribution in [0.1, 0.15) is 65.7 Å². The molecule has 2 nitrogen and oxygen atoms in total. The predicted molar refractivity (Wildman–Crippen MR) is 89.6 cm³/mol. The number of amides is 1. The highest BCUT2D eigenvalue weighted by molar-refractivity contribution is 5.78. The number of nitrogens with zero attached hydrogens (tertiary/aromatic N) is 1. The van der Waals surface area contributed by atoms with E-state index in [2.05, 4.69) is 20.8 Å². The molecule has 3 unspecified atom stereocenters. The first-order valence-electron chi connectivity index (χ1n) is 9.69. The van der Waals surface area contributed by atoms with Crippen LogP contribution in [0, 0.1) is 34.5 Å². The summed E-state index contributed by atoms with van der Waals surface area (Å²) in [6.07, 6.45) is 6.63. The molecule has 0 aromatic rings. The molecule has 3 aliphatic carbocycles. The normalized spacial score (nSPS) is 56.0. The van der Waals surface area contributed by atoms with Crippen molar-refractivity contribution in [2.45, 2.75) is 77.9 Å². The number of piperidine rings is 1. The maximum Gasteiger partial charge on any atom is 0.225 e. The van der Waals surface area contributed by atoms with Crippen molar-refractivity contribution in [3.8, 4) is 0 Å². The second-order valence-corrected chi connectivity index (χ2v) is 9.65. The number of hydrogen-bond acceptors (Lipinski definition) is 1. The van der Waals surface area contributed by atoms with Crippen molar-refractivity contribution in [1.82, 2.24) is 4.90 Å². The number of halogens is 1. The average Bonchev–Trinajstić information content (AvgIpc) is 2.89. The third-order valence-corrected chi connectivity index (χ3v) is 8.77. The zero-order valence-corrected chi connectivity index (χ0v) is 15.1. The lowest BCUT2D eigenvalue weighted by Gasteiger charge is -2.63. The van der Waals surface area contributed by atoms with E-state index in [0.717, 1.165) is 18.8 Å². The van der Waals surface area contributed by atoms with Gasteiger partial charge < -0.3 is 4.90 Å². The van der Waals surface area contributed by atoms with E-state index in [0.29, 0.717) is 23.2 Å². The molecule has 130 valence electrons. The summed E-state index contributed by atoms with van der Waals surface area (Å²) in [6.45, 7) is 7.04. The minimum atomic E-state index is -0.957. The molecule has 0 spiro atoms. The summed E-state index contributed by atoms with van der Waals surface area (Å²) in [5.41, 5.74) is 0.171. The molecule has 4 fully saturated rings. The highest BCUT2D eigenvalue weighted by Crippen LogP contribution is 2.66. The molecule has 1 aliphatic heterocycles. The predicted octanol–water partition coefficient (Wildman–Crippen LogP) is 4.43. The minimum absolute atomic E-state index is 0.00661. The van der Waals surface area contributed by atoms with E-state index >= 15 is 4.39 Å². The van der Waals surface area contributed by atoms with Crippen molar-refractivity contribution in [2.24, 2.45) is 34.5 Å². The van der Waals surface area contributed by atoms with Crippen molar-refractivity contribution < 1.29 is 9.18 Å². The minimum Gasteiger partial charge on any atom is -0.342 e. The average molecular weight is 321 g/mol. The number of alkyl halides is 1. The number of carbonyl (C=O) groups is 1. The molecule has 4 aliphatic rings. The molecule has 0 aromatic heterocycles. The van der Waals surface area contributed by atoms with Crippen LogP contribution in [0.2, 0.25) is 0 Å². The maximum absolute atomic E-state index is 15.2. The Morgan fingerprint density at radius 1 is 1.17 bits per heavy atom. The third-order valence-electron chi connectivity index (χ3n) is 8.77. The van der Waals surface area contributed by atoms with Gasteiger partial charge in [-0.15, -0.1) is 0 Å². The number of rotatable bonds is 0. The molecule has 1 saturated heterocycles. The van der Waals surface area contributed by atoms with Crippen molar-refractivity contribution in [3.63, 3.8) is 0 Å². The molecule has 0 bridgehead atoms. The van der Waals surface area contributed by atoms with Gasteiger partial charge in [0.1, 0.15) is 6.17 Å². The summed E-state index contributed by atoms with van der Waals surface area (Å²) in [5.74, 6) is 2.52. The Balaban J connectivity index is 1.74. The Bertz CT molecular complexity index is 522. The van der Waals surface area contributed by atoms with Gasteiger partial charge in [-0.25, -0.2) is 4.39 Å². The molecule has 23 heavy (non-hydrogen) atoms. The zero-order chi connectivity index (χ0) is 16.6. The lowest BCUT2D eigenvalue weighted by Crippen LogP contribution is -2.66. The molecule has 3 heteroatoms. The largest absolute Gasteiger partial charge is 0.342 e. The molecule has 8 atom stereocenters. The van der Waals surface area contributed by atoms with Gasteiger partial charge in [0.05, 0.1) is 6.42 Å². The van der Waals surface area contributed by atoms with Gasteiger partial charge in [0, 0.05) is 18.5 Å². The highest BCUT2D eigenvalue weighted by atomic mass is 19.1. The fourth-order valence-corrected chi connectivity index (χ4v) is 7.42. The van der Waals surface area contributed by atoms with Gasteiger partial charge in [0.2, 0.25) is 5.91 Å². The highest BCUT2D eigenvalue weighted by Gasteiger charge is 2.64. The molecule has 0 N–H and O–H groups in total. The maximum atomic E-state index is 15.2. The molecular formula is C20H32FNO. The summed E-state index contributed by atoms with van der Waals surface area (Å²) in [4.78, 5) is 14.1. The van der Waals surface area contributed by atoms with E-state index < -0.39 is 6.17 Å². The molecule has 4 rings (SSSR count). The first-order valence-corrected chi connectivity index (χ1v) is 9.69. The van der Waals surface area contributed by atoms with Crippen molar-refractivity contribution >= 4 is 5.91 Å². The van der Waals surface area contributed by atoms with E-state index in [9.17, 15) is 4.79 Å². The Labute approximate surface area is 140 Å². The van der Waals surface area contributed by atoms with E-state index in [1.165, 1.54) is 25.7 Å². The zero-order valence-electron chi connectivity index (χ0n) is 15.1. The summed E-state index contributed by atoms with van der Waals surface area (Å²) in [6, 6.07) is 0.0979. The van der Waals surface area contributed by atoms with Crippen LogP contribution in [0.4, 0.5) is 4.39 Å². The fraction of sp³-hybridized carbons (Fsp3) is 0.950. The summed E-state index contributed by atoms with van der Waals surface area (Å²) >= 11 is 0. The van der Waals surface area contributed by atoms with Crippen molar-refractivity contribution in [2.75, 3.05) is 7.05 Å². The van der Waals surface area contributed by atoms with Crippen LogP contribution in [0.3, 0.4) is 0 Å². The number of fused-ring (bicyclic) bond motifs is 5. The van der Waals surface area contributed by atoms with Gasteiger partial charge in [-0.2, -0.15) is 0 Å². The van der Waals surface area contributed by atoms with Crippen LogP contribution in [0.15, 0.2) is 0 Å². The second kappa shape index (κ2) is 4.95. The molecule has 0 radical (unpaired) electrons. The van der Waals surface area contributed by atoms with Gasteiger partial charge >= 0.3 is 0 Å². The van der Waals surface area contributed by atoms with Crippen LogP contribution in [0.25, 0.3) is 0 Å². The molecule has 1 heterocycles.